The summed E-state index contributed by atoms with van der Waals surface area (Å²) in [5.74, 6) is 0. The molecule has 0 amide bonds. The summed E-state index contributed by atoms with van der Waals surface area (Å²) in [6.07, 6.45) is 2.10. The van der Waals surface area contributed by atoms with Gasteiger partial charge in [0.15, 0.2) is 0 Å². The monoisotopic (exact) mass is 239 g/mol. The van der Waals surface area contributed by atoms with Crippen molar-refractivity contribution in [2.75, 3.05) is 19.8 Å². The smallest absolute Gasteiger partial charge is 0.0729 e. The van der Waals surface area contributed by atoms with Gasteiger partial charge in [0.05, 0.1) is 24.0 Å². The number of rotatable bonds is 8. The number of hydrogen-bond donors (Lipinski definition) is 1. The van der Waals surface area contributed by atoms with Gasteiger partial charge in [0.2, 0.25) is 0 Å². The number of ether oxygens (including phenoxy) is 1. The number of nitrogens with zero attached hydrogens (tertiary/aromatic N) is 2. The van der Waals surface area contributed by atoms with Gasteiger partial charge in [-0.15, -0.1) is 0 Å². The summed E-state index contributed by atoms with van der Waals surface area (Å²) in [6.45, 7) is 8.79. The maximum absolute atomic E-state index is 5.54. The largest absolute Gasteiger partial charge is 0.380 e. The van der Waals surface area contributed by atoms with E-state index in [0.717, 1.165) is 31.7 Å². The molecule has 0 aliphatic rings. The van der Waals surface area contributed by atoms with Gasteiger partial charge in [-0.05, 0) is 32.4 Å². The molecule has 0 aromatic carbocycles. The molecule has 4 heteroatoms. The molecule has 1 unspecified atom stereocenters. The predicted molar refractivity (Wildman–Crippen MR) is 70.1 cm³/mol. The van der Waals surface area contributed by atoms with Gasteiger partial charge in [0.1, 0.15) is 0 Å². The number of aromatic nitrogens is 2. The molecule has 17 heavy (non-hydrogen) atoms. The molecular formula is C13H25N3O. The zero-order valence-electron chi connectivity index (χ0n) is 11.5. The molecule has 0 saturated carbocycles. The van der Waals surface area contributed by atoms with Crippen LogP contribution in [0.15, 0.2) is 6.07 Å². The van der Waals surface area contributed by atoms with E-state index >= 15 is 0 Å². The molecule has 0 radical (unpaired) electrons. The van der Waals surface area contributed by atoms with Crippen LogP contribution in [0.2, 0.25) is 0 Å². The summed E-state index contributed by atoms with van der Waals surface area (Å²) in [4.78, 5) is 0. The molecule has 1 N–H and O–H groups in total. The Morgan fingerprint density at radius 3 is 2.71 bits per heavy atom. The fraction of sp³-hybridized carbons (Fsp3) is 0.769. The topological polar surface area (TPSA) is 39.1 Å². The lowest BCUT2D eigenvalue weighted by atomic mass is 10.2. The van der Waals surface area contributed by atoms with Crippen LogP contribution >= 0.6 is 0 Å². The van der Waals surface area contributed by atoms with E-state index in [1.54, 1.807) is 0 Å². The highest BCUT2D eigenvalue weighted by Gasteiger charge is 2.15. The van der Waals surface area contributed by atoms with E-state index in [9.17, 15) is 0 Å². The summed E-state index contributed by atoms with van der Waals surface area (Å²) < 4.78 is 7.50. The Kier molecular flexibility index (Phi) is 6.22. The highest BCUT2D eigenvalue weighted by Crippen LogP contribution is 2.15. The fourth-order valence-electron chi connectivity index (χ4n) is 1.85. The first-order valence-electron chi connectivity index (χ1n) is 6.56. The Hall–Kier alpha value is -0.870. The Morgan fingerprint density at radius 1 is 1.41 bits per heavy atom. The van der Waals surface area contributed by atoms with Crippen molar-refractivity contribution in [2.45, 2.75) is 39.7 Å². The van der Waals surface area contributed by atoms with Crippen LogP contribution < -0.4 is 5.32 Å². The van der Waals surface area contributed by atoms with Gasteiger partial charge in [0, 0.05) is 13.7 Å². The predicted octanol–water partition coefficient (Wildman–Crippen LogP) is 2.06. The highest BCUT2D eigenvalue weighted by atomic mass is 16.5. The first kappa shape index (κ1) is 14.2. The molecule has 1 aromatic heterocycles. The van der Waals surface area contributed by atoms with E-state index in [2.05, 4.69) is 30.3 Å². The van der Waals surface area contributed by atoms with E-state index < -0.39 is 0 Å². The van der Waals surface area contributed by atoms with Crippen LogP contribution in [0.1, 0.15) is 44.6 Å². The third kappa shape index (κ3) is 4.13. The Bertz CT molecular complexity index is 314. The zero-order chi connectivity index (χ0) is 12.7. The summed E-state index contributed by atoms with van der Waals surface area (Å²) in [5.41, 5.74) is 2.35. The molecular weight excluding hydrogens is 214 g/mol. The van der Waals surface area contributed by atoms with Crippen molar-refractivity contribution in [3.8, 4) is 0 Å². The molecule has 0 bridgehead atoms. The fourth-order valence-corrected chi connectivity index (χ4v) is 1.85. The molecule has 1 atom stereocenters. The quantitative estimate of drug-likeness (QED) is 0.754. The average molecular weight is 239 g/mol. The van der Waals surface area contributed by atoms with Crippen LogP contribution in [0.3, 0.4) is 0 Å². The minimum Gasteiger partial charge on any atom is -0.380 e. The molecule has 0 aliphatic carbocycles. The lowest BCUT2D eigenvalue weighted by Crippen LogP contribution is -2.28. The standard InChI is InChI=1S/C13H25N3O/c1-5-8-14-12(10-17-7-3)13-9-11(6-2)15-16(13)4/h9,12,14H,5-8,10H2,1-4H3. The van der Waals surface area contributed by atoms with Gasteiger partial charge in [-0.25, -0.2) is 0 Å². The van der Waals surface area contributed by atoms with Gasteiger partial charge in [-0.3, -0.25) is 4.68 Å². The molecule has 0 fully saturated rings. The molecule has 0 saturated heterocycles. The van der Waals surface area contributed by atoms with Crippen molar-refractivity contribution in [1.82, 2.24) is 15.1 Å². The third-order valence-corrected chi connectivity index (χ3v) is 2.82. The summed E-state index contributed by atoms with van der Waals surface area (Å²) in [7, 11) is 2.00. The molecule has 4 nitrogen and oxygen atoms in total. The second kappa shape index (κ2) is 7.45. The average Bonchev–Trinajstić information content (AvgIpc) is 2.71. The minimum atomic E-state index is 0.243. The highest BCUT2D eigenvalue weighted by molar-refractivity contribution is 5.14. The first-order valence-corrected chi connectivity index (χ1v) is 6.56. The first-order chi connectivity index (χ1) is 8.22. The van der Waals surface area contributed by atoms with Crippen LogP contribution in [0.4, 0.5) is 0 Å². The van der Waals surface area contributed by atoms with Crippen molar-refractivity contribution in [3.63, 3.8) is 0 Å². The van der Waals surface area contributed by atoms with Gasteiger partial charge in [-0.2, -0.15) is 5.10 Å². The van der Waals surface area contributed by atoms with Crippen molar-refractivity contribution >= 4 is 0 Å². The molecule has 0 aliphatic heterocycles. The molecule has 1 aromatic rings. The van der Waals surface area contributed by atoms with Crippen molar-refractivity contribution < 1.29 is 4.74 Å². The van der Waals surface area contributed by atoms with Crippen LogP contribution in [0.25, 0.3) is 0 Å². The molecule has 1 rings (SSSR count). The number of nitrogens with one attached hydrogen (secondary N) is 1. The van der Waals surface area contributed by atoms with Crippen molar-refractivity contribution in [3.05, 3.63) is 17.5 Å². The van der Waals surface area contributed by atoms with Gasteiger partial charge >= 0.3 is 0 Å². The second-order valence-electron chi connectivity index (χ2n) is 4.20. The Morgan fingerprint density at radius 2 is 2.18 bits per heavy atom. The number of hydrogen-bond acceptors (Lipinski definition) is 3. The van der Waals surface area contributed by atoms with Crippen LogP contribution in [-0.2, 0) is 18.2 Å². The van der Waals surface area contributed by atoms with Gasteiger partial charge in [0.25, 0.3) is 0 Å². The third-order valence-electron chi connectivity index (χ3n) is 2.82. The maximum atomic E-state index is 5.54. The van der Waals surface area contributed by atoms with Gasteiger partial charge < -0.3 is 10.1 Å². The summed E-state index contributed by atoms with van der Waals surface area (Å²) in [5, 5.41) is 8.00. The van der Waals surface area contributed by atoms with E-state index in [4.69, 9.17) is 4.74 Å². The summed E-state index contributed by atoms with van der Waals surface area (Å²) >= 11 is 0. The second-order valence-corrected chi connectivity index (χ2v) is 4.20. The molecule has 0 spiro atoms. The van der Waals surface area contributed by atoms with Crippen LogP contribution in [0.5, 0.6) is 0 Å². The Labute approximate surface area is 104 Å². The minimum absolute atomic E-state index is 0.243. The van der Waals surface area contributed by atoms with E-state index in [-0.39, 0.29) is 6.04 Å². The van der Waals surface area contributed by atoms with E-state index in [1.165, 1.54) is 5.69 Å². The summed E-state index contributed by atoms with van der Waals surface area (Å²) in [6, 6.07) is 2.42. The molecule has 98 valence electrons. The van der Waals surface area contributed by atoms with Gasteiger partial charge in [-0.1, -0.05) is 13.8 Å². The number of aryl methyl sites for hydroxylation is 2. The lowest BCUT2D eigenvalue weighted by Gasteiger charge is -2.18. The SMILES string of the molecule is CCCNC(COCC)c1cc(CC)nn1C. The Balaban J connectivity index is 2.74. The van der Waals surface area contributed by atoms with Crippen LogP contribution in [0, 0.1) is 0 Å². The van der Waals surface area contributed by atoms with Crippen LogP contribution in [-0.4, -0.2) is 29.5 Å². The van der Waals surface area contributed by atoms with E-state index in [0.29, 0.717) is 6.61 Å². The van der Waals surface area contributed by atoms with Crippen molar-refractivity contribution in [1.29, 1.82) is 0 Å². The van der Waals surface area contributed by atoms with E-state index in [1.807, 2.05) is 18.7 Å². The normalized spacial score (nSPS) is 12.9. The zero-order valence-corrected chi connectivity index (χ0v) is 11.5. The maximum Gasteiger partial charge on any atom is 0.0729 e. The lowest BCUT2D eigenvalue weighted by molar-refractivity contribution is 0.120. The molecule has 1 heterocycles. The van der Waals surface area contributed by atoms with Crippen molar-refractivity contribution in [2.24, 2.45) is 7.05 Å².